The molecule has 0 aromatic carbocycles. The van der Waals surface area contributed by atoms with Gasteiger partial charge in [0, 0.05) is 19.1 Å². The molecule has 0 amide bonds. The van der Waals surface area contributed by atoms with Gasteiger partial charge in [-0.2, -0.15) is 0 Å². The molecule has 1 saturated heterocycles. The first-order valence-corrected chi connectivity index (χ1v) is 5.28. The van der Waals surface area contributed by atoms with Crippen LogP contribution in [0.1, 0.15) is 26.7 Å². The van der Waals surface area contributed by atoms with Gasteiger partial charge in [0.1, 0.15) is 0 Å². The van der Waals surface area contributed by atoms with Crippen molar-refractivity contribution in [3.8, 4) is 0 Å². The maximum absolute atomic E-state index is 8.93. The Morgan fingerprint density at radius 3 is 2.46 bits per heavy atom. The molecule has 1 fully saturated rings. The number of ether oxygens (including phenoxy) is 1. The molecule has 0 radical (unpaired) electrons. The van der Waals surface area contributed by atoms with Crippen LogP contribution in [0.2, 0.25) is 0 Å². The minimum absolute atomic E-state index is 0.253. The first-order valence-electron chi connectivity index (χ1n) is 5.28. The molecule has 0 spiro atoms. The molecule has 3 heteroatoms. The van der Waals surface area contributed by atoms with E-state index in [-0.39, 0.29) is 6.61 Å². The molecule has 13 heavy (non-hydrogen) atoms. The van der Waals surface area contributed by atoms with E-state index in [2.05, 4.69) is 18.7 Å². The van der Waals surface area contributed by atoms with Gasteiger partial charge in [-0.3, -0.25) is 4.90 Å². The van der Waals surface area contributed by atoms with Crippen molar-refractivity contribution < 1.29 is 9.84 Å². The second-order valence-electron chi connectivity index (χ2n) is 3.64. The van der Waals surface area contributed by atoms with Crippen LogP contribution in [0.25, 0.3) is 0 Å². The Bertz CT molecular complexity index is 133. The zero-order valence-electron chi connectivity index (χ0n) is 8.70. The van der Waals surface area contributed by atoms with Crippen LogP contribution >= 0.6 is 0 Å². The van der Waals surface area contributed by atoms with Gasteiger partial charge in [-0.25, -0.2) is 0 Å². The zero-order valence-corrected chi connectivity index (χ0v) is 8.70. The molecule has 0 aliphatic carbocycles. The van der Waals surface area contributed by atoms with E-state index in [0.29, 0.717) is 12.1 Å². The van der Waals surface area contributed by atoms with Crippen LogP contribution in [0, 0.1) is 0 Å². The predicted molar refractivity (Wildman–Crippen MR) is 52.8 cm³/mol. The van der Waals surface area contributed by atoms with E-state index in [1.54, 1.807) is 0 Å². The number of epoxide rings is 1. The topological polar surface area (TPSA) is 36.0 Å². The summed E-state index contributed by atoms with van der Waals surface area (Å²) in [5, 5.41) is 8.93. The molecule has 1 aliphatic rings. The van der Waals surface area contributed by atoms with Gasteiger partial charge in [0.25, 0.3) is 0 Å². The Labute approximate surface area is 80.7 Å². The van der Waals surface area contributed by atoms with Crippen molar-refractivity contribution >= 4 is 0 Å². The highest BCUT2D eigenvalue weighted by Gasteiger charge is 2.27. The predicted octanol–water partition coefficient (Wildman–Crippen LogP) is 0.868. The van der Waals surface area contributed by atoms with Crippen molar-refractivity contribution in [3.63, 3.8) is 0 Å². The van der Waals surface area contributed by atoms with Gasteiger partial charge in [-0.1, -0.05) is 13.8 Å². The van der Waals surface area contributed by atoms with Crippen molar-refractivity contribution in [1.29, 1.82) is 0 Å². The highest BCUT2D eigenvalue weighted by Crippen LogP contribution is 2.15. The van der Waals surface area contributed by atoms with Crippen LogP contribution in [-0.2, 0) is 4.74 Å². The van der Waals surface area contributed by atoms with E-state index < -0.39 is 0 Å². The van der Waals surface area contributed by atoms with Crippen molar-refractivity contribution in [3.05, 3.63) is 0 Å². The summed E-state index contributed by atoms with van der Waals surface area (Å²) < 4.78 is 5.20. The summed E-state index contributed by atoms with van der Waals surface area (Å²) in [7, 11) is 0. The highest BCUT2D eigenvalue weighted by atomic mass is 16.6. The van der Waals surface area contributed by atoms with E-state index in [1.807, 2.05) is 0 Å². The summed E-state index contributed by atoms with van der Waals surface area (Å²) in [6.45, 7) is 7.34. The molecule has 0 aromatic rings. The quantitative estimate of drug-likeness (QED) is 0.601. The van der Waals surface area contributed by atoms with Crippen molar-refractivity contribution in [2.24, 2.45) is 0 Å². The van der Waals surface area contributed by atoms with E-state index in [1.165, 1.54) is 0 Å². The summed E-state index contributed by atoms with van der Waals surface area (Å²) in [6, 6.07) is 0.608. The fraction of sp³-hybridized carbons (Fsp3) is 1.00. The summed E-state index contributed by atoms with van der Waals surface area (Å²) in [5.41, 5.74) is 0. The Morgan fingerprint density at radius 1 is 1.46 bits per heavy atom. The number of hydrogen-bond acceptors (Lipinski definition) is 3. The van der Waals surface area contributed by atoms with Gasteiger partial charge in [-0.05, 0) is 12.8 Å². The number of nitrogens with zero attached hydrogens (tertiary/aromatic N) is 1. The first kappa shape index (κ1) is 11.0. The van der Waals surface area contributed by atoms with Gasteiger partial charge < -0.3 is 9.84 Å². The van der Waals surface area contributed by atoms with E-state index >= 15 is 0 Å². The van der Waals surface area contributed by atoms with Gasteiger partial charge >= 0.3 is 0 Å². The maximum atomic E-state index is 8.93. The lowest BCUT2D eigenvalue weighted by atomic mass is 10.1. The minimum Gasteiger partial charge on any atom is -0.395 e. The van der Waals surface area contributed by atoms with E-state index in [9.17, 15) is 0 Å². The molecule has 0 saturated carbocycles. The lowest BCUT2D eigenvalue weighted by Gasteiger charge is -2.29. The molecule has 1 atom stereocenters. The van der Waals surface area contributed by atoms with Gasteiger partial charge in [0.15, 0.2) is 0 Å². The second-order valence-corrected chi connectivity index (χ2v) is 3.64. The SMILES string of the molecule is CCC(CC)N(CCO)CC1CO1. The molecular weight excluding hydrogens is 166 g/mol. The molecule has 1 rings (SSSR count). The van der Waals surface area contributed by atoms with Crippen molar-refractivity contribution in [2.75, 3.05) is 26.3 Å². The normalized spacial score (nSPS) is 21.5. The number of hydrogen-bond donors (Lipinski definition) is 1. The molecule has 0 aromatic heterocycles. The molecule has 1 unspecified atom stereocenters. The highest BCUT2D eigenvalue weighted by molar-refractivity contribution is 4.78. The maximum Gasteiger partial charge on any atom is 0.0936 e. The standard InChI is InChI=1S/C10H21NO2/c1-3-9(4-2)11(5-6-12)7-10-8-13-10/h9-10,12H,3-8H2,1-2H3. The third-order valence-electron chi connectivity index (χ3n) is 2.69. The van der Waals surface area contributed by atoms with Crippen LogP contribution in [0.4, 0.5) is 0 Å². The lowest BCUT2D eigenvalue weighted by Crippen LogP contribution is -2.39. The fourth-order valence-electron chi connectivity index (χ4n) is 1.79. The average molecular weight is 187 g/mol. The number of rotatable bonds is 7. The first-order chi connectivity index (χ1) is 6.31. The van der Waals surface area contributed by atoms with Gasteiger partial charge in [0.2, 0.25) is 0 Å². The molecule has 1 aliphatic heterocycles. The number of aliphatic hydroxyl groups is 1. The summed E-state index contributed by atoms with van der Waals surface area (Å²) >= 11 is 0. The Balaban J connectivity index is 2.32. The van der Waals surface area contributed by atoms with E-state index in [0.717, 1.165) is 32.5 Å². The number of aliphatic hydroxyl groups excluding tert-OH is 1. The van der Waals surface area contributed by atoms with Crippen LogP contribution in [-0.4, -0.2) is 48.5 Å². The molecule has 78 valence electrons. The third-order valence-corrected chi connectivity index (χ3v) is 2.69. The minimum atomic E-state index is 0.253. The lowest BCUT2D eigenvalue weighted by molar-refractivity contribution is 0.133. The van der Waals surface area contributed by atoms with Crippen LogP contribution in [0.3, 0.4) is 0 Å². The Morgan fingerprint density at radius 2 is 2.08 bits per heavy atom. The van der Waals surface area contributed by atoms with E-state index in [4.69, 9.17) is 9.84 Å². The zero-order chi connectivity index (χ0) is 9.68. The van der Waals surface area contributed by atoms with Crippen LogP contribution < -0.4 is 0 Å². The Hall–Kier alpha value is -0.120. The Kier molecular flexibility index (Phi) is 4.70. The van der Waals surface area contributed by atoms with Crippen molar-refractivity contribution in [2.45, 2.75) is 38.8 Å². The summed E-state index contributed by atoms with van der Waals surface area (Å²) in [5.74, 6) is 0. The molecular formula is C10H21NO2. The van der Waals surface area contributed by atoms with Crippen LogP contribution in [0.5, 0.6) is 0 Å². The second kappa shape index (κ2) is 5.58. The average Bonchev–Trinajstić information content (AvgIpc) is 2.91. The largest absolute Gasteiger partial charge is 0.395 e. The monoisotopic (exact) mass is 187 g/mol. The molecule has 1 heterocycles. The summed E-state index contributed by atoms with van der Waals surface area (Å²) in [6.07, 6.45) is 2.75. The summed E-state index contributed by atoms with van der Waals surface area (Å²) in [4.78, 5) is 2.34. The molecule has 0 bridgehead atoms. The van der Waals surface area contributed by atoms with Gasteiger partial charge in [0.05, 0.1) is 19.3 Å². The fourth-order valence-corrected chi connectivity index (χ4v) is 1.79. The van der Waals surface area contributed by atoms with Crippen LogP contribution in [0.15, 0.2) is 0 Å². The third kappa shape index (κ3) is 3.63. The molecule has 3 nitrogen and oxygen atoms in total. The van der Waals surface area contributed by atoms with Gasteiger partial charge in [-0.15, -0.1) is 0 Å². The molecule has 1 N–H and O–H groups in total. The van der Waals surface area contributed by atoms with Crippen molar-refractivity contribution in [1.82, 2.24) is 4.90 Å². The smallest absolute Gasteiger partial charge is 0.0936 e.